The predicted molar refractivity (Wildman–Crippen MR) is 118 cm³/mol. The lowest BCUT2D eigenvalue weighted by atomic mass is 9.99. The van der Waals surface area contributed by atoms with Gasteiger partial charge in [0.2, 0.25) is 0 Å². The summed E-state index contributed by atoms with van der Waals surface area (Å²) in [5, 5.41) is 3.35. The zero-order chi connectivity index (χ0) is 19.5. The number of halogens is 1. The molecule has 29 heavy (non-hydrogen) atoms. The zero-order valence-electron chi connectivity index (χ0n) is 16.1. The first kappa shape index (κ1) is 17.3. The van der Waals surface area contributed by atoms with Crippen LogP contribution in [0.15, 0.2) is 59.4 Å². The molecule has 0 bridgehead atoms. The van der Waals surface area contributed by atoms with Crippen LogP contribution in [0.1, 0.15) is 36.1 Å². The minimum absolute atomic E-state index is 0.0114. The van der Waals surface area contributed by atoms with Gasteiger partial charge in [0, 0.05) is 35.6 Å². The number of piperidine rings is 1. The number of H-pyrrole nitrogens is 1. The van der Waals surface area contributed by atoms with E-state index in [2.05, 4.69) is 34.1 Å². The van der Waals surface area contributed by atoms with E-state index < -0.39 is 0 Å². The summed E-state index contributed by atoms with van der Waals surface area (Å²) in [7, 11) is 0. The van der Waals surface area contributed by atoms with Gasteiger partial charge in [0.25, 0.3) is 0 Å². The Balaban J connectivity index is 1.28. The van der Waals surface area contributed by atoms with E-state index in [0.29, 0.717) is 6.04 Å². The highest BCUT2D eigenvalue weighted by molar-refractivity contribution is 6.35. The molecule has 0 spiro atoms. The van der Waals surface area contributed by atoms with Crippen LogP contribution in [0.3, 0.4) is 0 Å². The Kier molecular flexibility index (Phi) is 3.87. The van der Waals surface area contributed by atoms with Crippen LogP contribution in [0.5, 0.6) is 0 Å². The highest BCUT2D eigenvalue weighted by Gasteiger charge is 2.33. The summed E-state index contributed by atoms with van der Waals surface area (Å²) in [6.07, 6.45) is 3.03. The second-order valence-corrected chi connectivity index (χ2v) is 8.69. The Morgan fingerprint density at radius 3 is 2.66 bits per heavy atom. The molecule has 0 saturated carbocycles. The molecule has 1 aromatic heterocycles. The van der Waals surface area contributed by atoms with E-state index in [1.54, 1.807) is 0 Å². The number of benzene rings is 3. The predicted octanol–water partition coefficient (Wildman–Crippen LogP) is 5.07. The van der Waals surface area contributed by atoms with Crippen molar-refractivity contribution in [3.05, 3.63) is 81.2 Å². The van der Waals surface area contributed by atoms with Crippen LogP contribution in [0, 0.1) is 0 Å². The van der Waals surface area contributed by atoms with E-state index >= 15 is 0 Å². The molecule has 4 aromatic rings. The molecular formula is C24H22ClN3O. The van der Waals surface area contributed by atoms with Crippen LogP contribution in [-0.2, 0) is 6.42 Å². The van der Waals surface area contributed by atoms with Gasteiger partial charge in [0.05, 0.1) is 11.0 Å². The summed E-state index contributed by atoms with van der Waals surface area (Å²) in [5.74, 6) is 0. The van der Waals surface area contributed by atoms with Gasteiger partial charge in [-0.1, -0.05) is 48.0 Å². The molecule has 2 heterocycles. The summed E-state index contributed by atoms with van der Waals surface area (Å²) in [4.78, 5) is 18.2. The minimum atomic E-state index is 0.0114. The van der Waals surface area contributed by atoms with Gasteiger partial charge in [0.15, 0.2) is 0 Å². The first-order chi connectivity index (χ1) is 14.2. The van der Waals surface area contributed by atoms with Crippen molar-refractivity contribution in [3.8, 4) is 0 Å². The number of likely N-dealkylation sites (tertiary alicyclic amines) is 1. The van der Waals surface area contributed by atoms with Crippen LogP contribution in [0.25, 0.3) is 21.8 Å². The van der Waals surface area contributed by atoms with Gasteiger partial charge in [-0.05, 0) is 54.0 Å². The molecule has 1 atom stereocenters. The SMILES string of the molecule is O=c1[nH]c2ccccc2n1C1CCN([C@@H]2Cc3cccc4c(Cl)ccc2c34)CC1. The van der Waals surface area contributed by atoms with E-state index in [9.17, 15) is 4.79 Å². The Labute approximate surface area is 173 Å². The molecule has 1 saturated heterocycles. The van der Waals surface area contributed by atoms with Gasteiger partial charge in [-0.3, -0.25) is 9.47 Å². The third-order valence-corrected chi connectivity index (χ3v) is 7.14. The fraction of sp³-hybridized carbons (Fsp3) is 0.292. The first-order valence-electron chi connectivity index (χ1n) is 10.3. The number of rotatable bonds is 2. The van der Waals surface area contributed by atoms with Crippen LogP contribution >= 0.6 is 11.6 Å². The molecule has 1 aliphatic carbocycles. The van der Waals surface area contributed by atoms with Crippen LogP contribution in [0.2, 0.25) is 5.02 Å². The Bertz CT molecular complexity index is 1300. The van der Waals surface area contributed by atoms with Crippen molar-refractivity contribution in [2.75, 3.05) is 13.1 Å². The van der Waals surface area contributed by atoms with Gasteiger partial charge in [-0.25, -0.2) is 4.79 Å². The Morgan fingerprint density at radius 2 is 1.79 bits per heavy atom. The van der Waals surface area contributed by atoms with E-state index in [-0.39, 0.29) is 11.7 Å². The molecule has 4 nitrogen and oxygen atoms in total. The lowest BCUT2D eigenvalue weighted by Crippen LogP contribution is -2.39. The van der Waals surface area contributed by atoms with Crippen LogP contribution in [-0.4, -0.2) is 27.5 Å². The van der Waals surface area contributed by atoms with Crippen molar-refractivity contribution >= 4 is 33.4 Å². The molecule has 1 aliphatic heterocycles. The van der Waals surface area contributed by atoms with Gasteiger partial charge in [-0.2, -0.15) is 0 Å². The molecule has 0 radical (unpaired) electrons. The minimum Gasteiger partial charge on any atom is -0.306 e. The number of hydrogen-bond acceptors (Lipinski definition) is 2. The van der Waals surface area contributed by atoms with Crippen molar-refractivity contribution in [2.24, 2.45) is 0 Å². The highest BCUT2D eigenvalue weighted by atomic mass is 35.5. The molecule has 1 fully saturated rings. The molecule has 146 valence electrons. The summed E-state index contributed by atoms with van der Waals surface area (Å²) in [6, 6.07) is 19.4. The average Bonchev–Trinajstić information content (AvgIpc) is 3.29. The normalized spacial score (nSPS) is 20.1. The van der Waals surface area contributed by atoms with Gasteiger partial charge in [0.1, 0.15) is 0 Å². The van der Waals surface area contributed by atoms with Gasteiger partial charge >= 0.3 is 5.69 Å². The Hall–Kier alpha value is -2.56. The third-order valence-electron chi connectivity index (χ3n) is 6.81. The number of fused-ring (bicyclic) bond motifs is 1. The smallest absolute Gasteiger partial charge is 0.306 e. The standard InChI is InChI=1S/C24H22ClN3O/c25-19-9-8-18-22(14-15-4-3-5-17(19)23(15)18)27-12-10-16(11-13-27)28-21-7-2-1-6-20(21)26-24(28)29/h1-9,16,22H,10-14H2,(H,26,29)/t22-/m1/s1. The molecule has 6 rings (SSSR count). The topological polar surface area (TPSA) is 41.0 Å². The van der Waals surface area contributed by atoms with E-state index in [1.165, 1.54) is 21.9 Å². The van der Waals surface area contributed by atoms with Crippen molar-refractivity contribution in [2.45, 2.75) is 31.3 Å². The number of nitrogens with zero attached hydrogens (tertiary/aromatic N) is 2. The molecule has 2 aliphatic rings. The van der Waals surface area contributed by atoms with Crippen molar-refractivity contribution in [1.82, 2.24) is 14.5 Å². The second kappa shape index (κ2) is 6.48. The maximum Gasteiger partial charge on any atom is 0.326 e. The zero-order valence-corrected chi connectivity index (χ0v) is 16.8. The molecule has 0 unspecified atom stereocenters. The van der Waals surface area contributed by atoms with E-state index in [1.807, 2.05) is 34.9 Å². The number of para-hydroxylation sites is 2. The first-order valence-corrected chi connectivity index (χ1v) is 10.7. The lowest BCUT2D eigenvalue weighted by Gasteiger charge is -2.36. The monoisotopic (exact) mass is 403 g/mol. The molecule has 5 heteroatoms. The molecule has 0 amide bonds. The summed E-state index contributed by atoms with van der Waals surface area (Å²) < 4.78 is 1.97. The maximum absolute atomic E-state index is 12.6. The maximum atomic E-state index is 12.6. The summed E-state index contributed by atoms with van der Waals surface area (Å²) >= 11 is 6.45. The average molecular weight is 404 g/mol. The molecule has 1 N–H and O–H groups in total. The summed E-state index contributed by atoms with van der Waals surface area (Å²) in [6.45, 7) is 2.00. The largest absolute Gasteiger partial charge is 0.326 e. The number of aromatic nitrogens is 2. The number of aromatic amines is 1. The quantitative estimate of drug-likeness (QED) is 0.507. The third kappa shape index (κ3) is 2.59. The van der Waals surface area contributed by atoms with Gasteiger partial charge in [-0.15, -0.1) is 0 Å². The van der Waals surface area contributed by atoms with Crippen LogP contribution < -0.4 is 5.69 Å². The van der Waals surface area contributed by atoms with E-state index in [4.69, 9.17) is 11.6 Å². The number of nitrogens with one attached hydrogen (secondary N) is 1. The second-order valence-electron chi connectivity index (χ2n) is 8.28. The number of imidazole rings is 1. The van der Waals surface area contributed by atoms with E-state index in [0.717, 1.165) is 48.4 Å². The molecule has 3 aromatic carbocycles. The highest BCUT2D eigenvalue weighted by Crippen LogP contribution is 2.43. The fourth-order valence-electron chi connectivity index (χ4n) is 5.46. The number of hydrogen-bond donors (Lipinski definition) is 1. The molecular weight excluding hydrogens is 382 g/mol. The lowest BCUT2D eigenvalue weighted by molar-refractivity contribution is 0.137. The van der Waals surface area contributed by atoms with Gasteiger partial charge < -0.3 is 4.98 Å². The van der Waals surface area contributed by atoms with Crippen molar-refractivity contribution < 1.29 is 0 Å². The summed E-state index contributed by atoms with van der Waals surface area (Å²) in [5.41, 5.74) is 4.76. The van der Waals surface area contributed by atoms with Crippen molar-refractivity contribution in [3.63, 3.8) is 0 Å². The Morgan fingerprint density at radius 1 is 0.966 bits per heavy atom. The fourth-order valence-corrected chi connectivity index (χ4v) is 5.68. The van der Waals surface area contributed by atoms with Crippen LogP contribution in [0.4, 0.5) is 0 Å². The van der Waals surface area contributed by atoms with Crippen molar-refractivity contribution in [1.29, 1.82) is 0 Å².